The molecule has 0 radical (unpaired) electrons. The molecule has 0 saturated heterocycles. The molecule has 2 rings (SSSR count). The minimum absolute atomic E-state index is 0.0915. The van der Waals surface area contributed by atoms with Crippen LogP contribution in [0.25, 0.3) is 0 Å². The zero-order valence-electron chi connectivity index (χ0n) is 12.8. The largest absolute Gasteiger partial charge is 0.310 e. The smallest absolute Gasteiger partial charge is 0.173 e. The first kappa shape index (κ1) is 16.9. The molecule has 1 N–H and O–H groups in total. The number of hydrogen-bond acceptors (Lipinski definition) is 1. The standard InChI is InChI=1S/C17H24BrF2N/c1-3-11-6-5-7-12(10-11)17(21-4-2)13-8-9-14(19)16(20)15(13)18/h8-9,11-12,17,21H,3-7,10H2,1-2H3. The molecule has 1 nitrogen and oxygen atoms in total. The highest BCUT2D eigenvalue weighted by Crippen LogP contribution is 2.41. The maximum Gasteiger partial charge on any atom is 0.173 e. The summed E-state index contributed by atoms with van der Waals surface area (Å²) in [7, 11) is 0. The zero-order valence-corrected chi connectivity index (χ0v) is 14.3. The third-order valence-electron chi connectivity index (χ3n) is 4.70. The van der Waals surface area contributed by atoms with Gasteiger partial charge in [-0.25, -0.2) is 8.78 Å². The predicted octanol–water partition coefficient (Wildman–Crippen LogP) is 5.59. The minimum Gasteiger partial charge on any atom is -0.310 e. The summed E-state index contributed by atoms with van der Waals surface area (Å²) in [4.78, 5) is 0. The second-order valence-electron chi connectivity index (χ2n) is 6.00. The van der Waals surface area contributed by atoms with E-state index >= 15 is 0 Å². The van der Waals surface area contributed by atoms with E-state index in [1.807, 2.05) is 0 Å². The molecule has 1 aromatic carbocycles. The van der Waals surface area contributed by atoms with Crippen molar-refractivity contribution < 1.29 is 8.78 Å². The van der Waals surface area contributed by atoms with Gasteiger partial charge in [-0.2, -0.15) is 0 Å². The maximum absolute atomic E-state index is 13.9. The molecular weight excluding hydrogens is 336 g/mol. The summed E-state index contributed by atoms with van der Waals surface area (Å²) in [6.45, 7) is 5.12. The Labute approximate surface area is 134 Å². The van der Waals surface area contributed by atoms with Crippen molar-refractivity contribution in [3.8, 4) is 0 Å². The molecule has 4 heteroatoms. The van der Waals surface area contributed by atoms with Gasteiger partial charge in [0.25, 0.3) is 0 Å². The molecule has 3 atom stereocenters. The summed E-state index contributed by atoms with van der Waals surface area (Å²) in [5.41, 5.74) is 0.845. The summed E-state index contributed by atoms with van der Waals surface area (Å²) >= 11 is 3.25. The van der Waals surface area contributed by atoms with Crippen molar-refractivity contribution >= 4 is 15.9 Å². The van der Waals surface area contributed by atoms with E-state index in [-0.39, 0.29) is 10.5 Å². The first-order valence-electron chi connectivity index (χ1n) is 7.95. The summed E-state index contributed by atoms with van der Waals surface area (Å²) in [6, 6.07) is 3.04. The Bertz CT molecular complexity index is 478. The Kier molecular flexibility index (Phi) is 6.18. The van der Waals surface area contributed by atoms with Gasteiger partial charge in [0.2, 0.25) is 0 Å². The Morgan fingerprint density at radius 2 is 2.05 bits per heavy atom. The van der Waals surface area contributed by atoms with Gasteiger partial charge in [0, 0.05) is 6.04 Å². The fraction of sp³-hybridized carbons (Fsp3) is 0.647. The molecule has 0 aromatic heterocycles. The third kappa shape index (κ3) is 3.84. The van der Waals surface area contributed by atoms with Gasteiger partial charge in [0.15, 0.2) is 11.6 Å². The Balaban J connectivity index is 2.28. The molecule has 0 heterocycles. The van der Waals surface area contributed by atoms with E-state index in [0.717, 1.165) is 24.4 Å². The van der Waals surface area contributed by atoms with Gasteiger partial charge in [-0.05, 0) is 58.8 Å². The van der Waals surface area contributed by atoms with Crippen molar-refractivity contribution in [3.05, 3.63) is 33.8 Å². The predicted molar refractivity (Wildman–Crippen MR) is 86.2 cm³/mol. The quantitative estimate of drug-likeness (QED) is 0.675. The molecule has 21 heavy (non-hydrogen) atoms. The van der Waals surface area contributed by atoms with Crippen LogP contribution in [0.5, 0.6) is 0 Å². The van der Waals surface area contributed by atoms with Crippen LogP contribution in [0, 0.1) is 23.5 Å². The van der Waals surface area contributed by atoms with E-state index in [1.54, 1.807) is 6.07 Å². The van der Waals surface area contributed by atoms with E-state index in [1.165, 1.54) is 31.7 Å². The van der Waals surface area contributed by atoms with Gasteiger partial charge >= 0.3 is 0 Å². The van der Waals surface area contributed by atoms with E-state index in [9.17, 15) is 8.78 Å². The van der Waals surface area contributed by atoms with Crippen molar-refractivity contribution in [2.45, 2.75) is 52.0 Å². The third-order valence-corrected chi connectivity index (χ3v) is 5.50. The van der Waals surface area contributed by atoms with Crippen LogP contribution in [0.2, 0.25) is 0 Å². The Morgan fingerprint density at radius 1 is 1.29 bits per heavy atom. The molecule has 0 spiro atoms. The van der Waals surface area contributed by atoms with Gasteiger partial charge in [-0.3, -0.25) is 0 Å². The van der Waals surface area contributed by atoms with E-state index in [0.29, 0.717) is 5.92 Å². The SMILES string of the molecule is CCNC(c1ccc(F)c(F)c1Br)C1CCCC(CC)C1. The normalized spacial score (nSPS) is 24.0. The molecule has 1 fully saturated rings. The number of hydrogen-bond donors (Lipinski definition) is 1. The minimum atomic E-state index is -0.795. The zero-order chi connectivity index (χ0) is 15.4. The lowest BCUT2D eigenvalue weighted by molar-refractivity contribution is 0.210. The monoisotopic (exact) mass is 359 g/mol. The van der Waals surface area contributed by atoms with Crippen LogP contribution in [-0.2, 0) is 0 Å². The maximum atomic E-state index is 13.9. The Morgan fingerprint density at radius 3 is 2.71 bits per heavy atom. The Hall–Kier alpha value is -0.480. The molecule has 3 unspecified atom stereocenters. The molecule has 1 saturated carbocycles. The highest BCUT2D eigenvalue weighted by Gasteiger charge is 2.30. The summed E-state index contributed by atoms with van der Waals surface area (Å²) < 4.78 is 27.5. The second-order valence-corrected chi connectivity index (χ2v) is 6.79. The van der Waals surface area contributed by atoms with Crippen molar-refractivity contribution in [3.63, 3.8) is 0 Å². The lowest BCUT2D eigenvalue weighted by Gasteiger charge is -2.35. The van der Waals surface area contributed by atoms with E-state index in [4.69, 9.17) is 0 Å². The van der Waals surface area contributed by atoms with Crippen molar-refractivity contribution in [1.82, 2.24) is 5.32 Å². The van der Waals surface area contributed by atoms with Gasteiger partial charge < -0.3 is 5.32 Å². The van der Waals surface area contributed by atoms with E-state index in [2.05, 4.69) is 35.1 Å². The molecule has 1 aliphatic carbocycles. The highest BCUT2D eigenvalue weighted by molar-refractivity contribution is 9.10. The van der Waals surface area contributed by atoms with Gasteiger partial charge in [-0.15, -0.1) is 0 Å². The topological polar surface area (TPSA) is 12.0 Å². The van der Waals surface area contributed by atoms with Crippen LogP contribution in [0.1, 0.15) is 57.6 Å². The first-order valence-corrected chi connectivity index (χ1v) is 8.74. The highest BCUT2D eigenvalue weighted by atomic mass is 79.9. The molecule has 0 bridgehead atoms. The van der Waals surface area contributed by atoms with Crippen LogP contribution >= 0.6 is 15.9 Å². The lowest BCUT2D eigenvalue weighted by atomic mass is 9.75. The summed E-state index contributed by atoms with van der Waals surface area (Å²) in [5, 5.41) is 3.48. The fourth-order valence-corrected chi connectivity index (χ4v) is 4.11. The first-order chi connectivity index (χ1) is 10.1. The molecule has 1 aromatic rings. The number of benzene rings is 1. The van der Waals surface area contributed by atoms with Crippen LogP contribution in [0.4, 0.5) is 8.78 Å². The van der Waals surface area contributed by atoms with Crippen molar-refractivity contribution in [2.24, 2.45) is 11.8 Å². The van der Waals surface area contributed by atoms with Crippen LogP contribution in [0.15, 0.2) is 16.6 Å². The lowest BCUT2D eigenvalue weighted by Crippen LogP contribution is -2.32. The van der Waals surface area contributed by atoms with Crippen LogP contribution in [0.3, 0.4) is 0 Å². The number of nitrogens with one attached hydrogen (secondary N) is 1. The molecule has 0 amide bonds. The second kappa shape index (κ2) is 7.68. The van der Waals surface area contributed by atoms with Crippen molar-refractivity contribution in [2.75, 3.05) is 6.54 Å². The molecule has 118 valence electrons. The summed E-state index contributed by atoms with van der Waals surface area (Å²) in [5.74, 6) is -0.326. The van der Waals surface area contributed by atoms with E-state index < -0.39 is 11.6 Å². The average molecular weight is 360 g/mol. The van der Waals surface area contributed by atoms with Gasteiger partial charge in [0.05, 0.1) is 4.47 Å². The molecule has 0 aliphatic heterocycles. The molecular formula is C17H24BrF2N. The number of rotatable bonds is 5. The van der Waals surface area contributed by atoms with Crippen molar-refractivity contribution in [1.29, 1.82) is 0 Å². The van der Waals surface area contributed by atoms with Crippen LogP contribution < -0.4 is 5.32 Å². The van der Waals surface area contributed by atoms with Gasteiger partial charge in [0.1, 0.15) is 0 Å². The average Bonchev–Trinajstić information content (AvgIpc) is 2.51. The fourth-order valence-electron chi connectivity index (χ4n) is 3.54. The number of halogens is 3. The van der Waals surface area contributed by atoms with Gasteiger partial charge in [-0.1, -0.05) is 39.2 Å². The molecule has 1 aliphatic rings. The summed E-state index contributed by atoms with van der Waals surface area (Å²) in [6.07, 6.45) is 6.05. The van der Waals surface area contributed by atoms with Crippen LogP contribution in [-0.4, -0.2) is 6.54 Å².